The molecule has 0 radical (unpaired) electrons. The molecule has 36 heavy (non-hydrogen) atoms. The number of phenolic OH excluding ortho intramolecular Hbond substituents is 1. The van der Waals surface area contributed by atoms with Gasteiger partial charge in [0.05, 0.1) is 11.5 Å². The SMILES string of the molecule is CCOc1cc(/C=C(\C#N)C(=O)Nc2ccc(OCc3ccc(Cl)cc3Cl)cc2)cc([N+](=O)[O-])c1O. The van der Waals surface area contributed by atoms with Gasteiger partial charge in [0, 0.05) is 27.4 Å². The van der Waals surface area contributed by atoms with Crippen LogP contribution in [0.2, 0.25) is 10.0 Å². The van der Waals surface area contributed by atoms with Crippen LogP contribution in [-0.2, 0) is 11.4 Å². The van der Waals surface area contributed by atoms with Crippen LogP contribution in [0.4, 0.5) is 11.4 Å². The Hall–Kier alpha value is -4.26. The third-order valence-corrected chi connectivity index (χ3v) is 5.36. The number of carbonyl (C=O) groups is 1. The zero-order valence-electron chi connectivity index (χ0n) is 18.8. The van der Waals surface area contributed by atoms with Crippen LogP contribution in [0.5, 0.6) is 17.2 Å². The summed E-state index contributed by atoms with van der Waals surface area (Å²) in [6.07, 6.45) is 1.16. The Labute approximate surface area is 216 Å². The molecule has 3 aromatic carbocycles. The van der Waals surface area contributed by atoms with Gasteiger partial charge in [-0.2, -0.15) is 5.26 Å². The number of nitro benzene ring substituents is 1. The number of ether oxygens (including phenoxy) is 2. The van der Waals surface area contributed by atoms with Crippen LogP contribution in [-0.4, -0.2) is 22.5 Å². The second kappa shape index (κ2) is 11.9. The molecular weight excluding hydrogens is 509 g/mol. The van der Waals surface area contributed by atoms with Gasteiger partial charge in [0.25, 0.3) is 5.91 Å². The predicted molar refractivity (Wildman–Crippen MR) is 135 cm³/mol. The maximum absolute atomic E-state index is 12.6. The Balaban J connectivity index is 1.72. The number of benzene rings is 3. The van der Waals surface area contributed by atoms with Gasteiger partial charge in [-0.15, -0.1) is 0 Å². The highest BCUT2D eigenvalue weighted by molar-refractivity contribution is 6.35. The molecule has 2 N–H and O–H groups in total. The van der Waals surface area contributed by atoms with E-state index in [0.29, 0.717) is 21.5 Å². The summed E-state index contributed by atoms with van der Waals surface area (Å²) in [5, 5.41) is 34.3. The van der Waals surface area contributed by atoms with Crippen LogP contribution in [0.3, 0.4) is 0 Å². The van der Waals surface area contributed by atoms with Crippen molar-refractivity contribution in [2.75, 3.05) is 11.9 Å². The summed E-state index contributed by atoms with van der Waals surface area (Å²) in [5.41, 5.74) is 0.365. The van der Waals surface area contributed by atoms with E-state index in [4.69, 9.17) is 32.7 Å². The Bertz CT molecular complexity index is 1370. The van der Waals surface area contributed by atoms with E-state index in [9.17, 15) is 25.3 Å². The highest BCUT2D eigenvalue weighted by atomic mass is 35.5. The van der Waals surface area contributed by atoms with E-state index in [0.717, 1.165) is 17.7 Å². The summed E-state index contributed by atoms with van der Waals surface area (Å²) in [6, 6.07) is 15.6. The molecule has 9 nitrogen and oxygen atoms in total. The van der Waals surface area contributed by atoms with Crippen molar-refractivity contribution in [1.29, 1.82) is 5.26 Å². The molecule has 0 heterocycles. The first-order valence-electron chi connectivity index (χ1n) is 10.5. The van der Waals surface area contributed by atoms with Gasteiger partial charge in [-0.3, -0.25) is 14.9 Å². The van der Waals surface area contributed by atoms with Crippen LogP contribution >= 0.6 is 23.2 Å². The van der Waals surface area contributed by atoms with Crippen LogP contribution in [0.15, 0.2) is 60.2 Å². The lowest BCUT2D eigenvalue weighted by molar-refractivity contribution is -0.386. The van der Waals surface area contributed by atoms with Crippen LogP contribution < -0.4 is 14.8 Å². The van der Waals surface area contributed by atoms with Crippen molar-refractivity contribution in [2.45, 2.75) is 13.5 Å². The van der Waals surface area contributed by atoms with E-state index in [2.05, 4.69) is 5.32 Å². The Morgan fingerprint density at radius 2 is 1.89 bits per heavy atom. The normalized spacial score (nSPS) is 10.9. The lowest BCUT2D eigenvalue weighted by Gasteiger charge is -2.10. The summed E-state index contributed by atoms with van der Waals surface area (Å²) in [7, 11) is 0. The first-order valence-corrected chi connectivity index (χ1v) is 11.2. The smallest absolute Gasteiger partial charge is 0.315 e. The van der Waals surface area contributed by atoms with Gasteiger partial charge in [0.15, 0.2) is 5.75 Å². The number of halogens is 2. The van der Waals surface area contributed by atoms with Gasteiger partial charge < -0.3 is 19.9 Å². The maximum atomic E-state index is 12.6. The van der Waals surface area contributed by atoms with E-state index in [-0.39, 0.29) is 30.1 Å². The van der Waals surface area contributed by atoms with E-state index in [1.54, 1.807) is 55.5 Å². The van der Waals surface area contributed by atoms with Gasteiger partial charge in [-0.1, -0.05) is 29.3 Å². The molecular formula is C25H19Cl2N3O6. The number of hydrogen-bond donors (Lipinski definition) is 2. The van der Waals surface area contributed by atoms with Gasteiger partial charge >= 0.3 is 5.69 Å². The molecule has 0 aliphatic rings. The van der Waals surface area contributed by atoms with Gasteiger partial charge in [0.2, 0.25) is 5.75 Å². The third-order valence-electron chi connectivity index (χ3n) is 4.77. The second-order valence-corrected chi connectivity index (χ2v) is 8.09. The Morgan fingerprint density at radius 3 is 2.50 bits per heavy atom. The third kappa shape index (κ3) is 6.66. The Kier molecular flexibility index (Phi) is 8.73. The first-order chi connectivity index (χ1) is 17.2. The quantitative estimate of drug-likeness (QED) is 0.148. The van der Waals surface area contributed by atoms with Crippen LogP contribution in [0, 0.1) is 21.4 Å². The number of anilines is 1. The molecule has 11 heteroatoms. The number of nitro groups is 1. The first kappa shape index (κ1) is 26.3. The number of rotatable bonds is 9. The average molecular weight is 528 g/mol. The van der Waals surface area contributed by atoms with Crippen molar-refractivity contribution in [3.05, 3.63) is 91.5 Å². The lowest BCUT2D eigenvalue weighted by atomic mass is 10.1. The Morgan fingerprint density at radius 1 is 1.17 bits per heavy atom. The van der Waals surface area contributed by atoms with Gasteiger partial charge in [-0.05, 0) is 61.0 Å². The molecule has 0 atom stereocenters. The number of nitrogens with zero attached hydrogens (tertiary/aromatic N) is 2. The van der Waals surface area contributed by atoms with E-state index in [1.165, 1.54) is 6.07 Å². The minimum Gasteiger partial charge on any atom is -0.500 e. The number of phenols is 1. The molecule has 0 aliphatic carbocycles. The van der Waals surface area contributed by atoms with Crippen LogP contribution in [0.1, 0.15) is 18.1 Å². The molecule has 0 aliphatic heterocycles. The van der Waals surface area contributed by atoms with Crippen molar-refractivity contribution < 1.29 is 24.3 Å². The fourth-order valence-electron chi connectivity index (χ4n) is 3.05. The molecule has 184 valence electrons. The molecule has 0 saturated carbocycles. The average Bonchev–Trinajstić information content (AvgIpc) is 2.84. The van der Waals surface area contributed by atoms with Gasteiger partial charge in [0.1, 0.15) is 24.0 Å². The largest absolute Gasteiger partial charge is 0.500 e. The molecule has 0 bridgehead atoms. The number of hydrogen-bond acceptors (Lipinski definition) is 7. The minimum absolute atomic E-state index is 0.133. The highest BCUT2D eigenvalue weighted by Gasteiger charge is 2.20. The standard InChI is InChI=1S/C25H19Cl2N3O6/c1-2-35-23-11-15(10-22(24(23)31)30(33)34)9-17(13-28)25(32)29-19-5-7-20(8-6-19)36-14-16-3-4-18(26)12-21(16)27/h3-12,31H,2,14H2,1H3,(H,29,32)/b17-9+. The molecule has 1 amide bonds. The summed E-state index contributed by atoms with van der Waals surface area (Å²) in [6.45, 7) is 2.01. The number of nitrogens with one attached hydrogen (secondary N) is 1. The predicted octanol–water partition coefficient (Wildman–Crippen LogP) is 6.13. The fraction of sp³-hybridized carbons (Fsp3) is 0.120. The minimum atomic E-state index is -0.786. The zero-order valence-corrected chi connectivity index (χ0v) is 20.3. The van der Waals surface area contributed by atoms with Crippen molar-refractivity contribution in [1.82, 2.24) is 0 Å². The molecule has 3 rings (SSSR count). The number of nitriles is 1. The summed E-state index contributed by atoms with van der Waals surface area (Å²) in [5.74, 6) is -0.976. The van der Waals surface area contributed by atoms with E-state index >= 15 is 0 Å². The molecule has 0 fully saturated rings. The van der Waals surface area contributed by atoms with Crippen molar-refractivity contribution >= 4 is 46.6 Å². The summed E-state index contributed by atoms with van der Waals surface area (Å²) < 4.78 is 10.9. The molecule has 0 aromatic heterocycles. The molecule has 0 unspecified atom stereocenters. The highest BCUT2D eigenvalue weighted by Crippen LogP contribution is 2.37. The zero-order chi connectivity index (χ0) is 26.2. The molecule has 0 spiro atoms. The fourth-order valence-corrected chi connectivity index (χ4v) is 3.51. The number of carbonyl (C=O) groups excluding carboxylic acids is 1. The lowest BCUT2D eigenvalue weighted by Crippen LogP contribution is -2.13. The topological polar surface area (TPSA) is 135 Å². The molecule has 3 aromatic rings. The number of amides is 1. The van der Waals surface area contributed by atoms with Crippen molar-refractivity contribution in [3.63, 3.8) is 0 Å². The summed E-state index contributed by atoms with van der Waals surface area (Å²) in [4.78, 5) is 23.1. The monoisotopic (exact) mass is 527 g/mol. The summed E-state index contributed by atoms with van der Waals surface area (Å²) >= 11 is 12.0. The van der Waals surface area contributed by atoms with E-state index < -0.39 is 22.3 Å². The van der Waals surface area contributed by atoms with Crippen molar-refractivity contribution in [3.8, 4) is 23.3 Å². The van der Waals surface area contributed by atoms with Crippen LogP contribution in [0.25, 0.3) is 6.08 Å². The molecule has 0 saturated heterocycles. The number of aromatic hydroxyl groups is 1. The van der Waals surface area contributed by atoms with Gasteiger partial charge in [-0.25, -0.2) is 0 Å². The van der Waals surface area contributed by atoms with E-state index in [1.807, 2.05) is 0 Å². The second-order valence-electron chi connectivity index (χ2n) is 7.25. The van der Waals surface area contributed by atoms with Crippen molar-refractivity contribution in [2.24, 2.45) is 0 Å². The maximum Gasteiger partial charge on any atom is 0.315 e.